The molecular formula is C17H20BrNO4S. The fourth-order valence-corrected chi connectivity index (χ4v) is 3.77. The SMILES string of the molecule is CCOc1ccc(S(=O)(=O)Nc2ccc(Br)cc2C)cc1OCC. The van der Waals surface area contributed by atoms with Crippen molar-refractivity contribution in [3.63, 3.8) is 0 Å². The third-order valence-electron chi connectivity index (χ3n) is 3.26. The second-order valence-corrected chi connectivity index (χ2v) is 7.64. The van der Waals surface area contributed by atoms with E-state index in [1.54, 1.807) is 18.2 Å². The van der Waals surface area contributed by atoms with Crippen LogP contribution in [0.25, 0.3) is 0 Å². The van der Waals surface area contributed by atoms with E-state index in [4.69, 9.17) is 9.47 Å². The molecule has 0 spiro atoms. The Morgan fingerprint density at radius 2 is 1.67 bits per heavy atom. The monoisotopic (exact) mass is 413 g/mol. The number of aryl methyl sites for hydroxylation is 1. The lowest BCUT2D eigenvalue weighted by Crippen LogP contribution is -2.14. The molecule has 2 aromatic carbocycles. The number of sulfonamides is 1. The number of benzene rings is 2. The highest BCUT2D eigenvalue weighted by atomic mass is 79.9. The summed E-state index contributed by atoms with van der Waals surface area (Å²) in [5.74, 6) is 0.938. The highest BCUT2D eigenvalue weighted by Gasteiger charge is 2.18. The number of hydrogen-bond acceptors (Lipinski definition) is 4. The highest BCUT2D eigenvalue weighted by Crippen LogP contribution is 2.31. The topological polar surface area (TPSA) is 64.6 Å². The van der Waals surface area contributed by atoms with Crippen molar-refractivity contribution in [1.29, 1.82) is 0 Å². The van der Waals surface area contributed by atoms with Crippen molar-refractivity contribution < 1.29 is 17.9 Å². The first-order valence-electron chi connectivity index (χ1n) is 7.56. The lowest BCUT2D eigenvalue weighted by molar-refractivity contribution is 0.287. The molecule has 2 aromatic rings. The van der Waals surface area contributed by atoms with Crippen molar-refractivity contribution in [3.05, 3.63) is 46.4 Å². The highest BCUT2D eigenvalue weighted by molar-refractivity contribution is 9.10. The van der Waals surface area contributed by atoms with Gasteiger partial charge in [-0.1, -0.05) is 15.9 Å². The van der Waals surface area contributed by atoms with Gasteiger partial charge in [0.05, 0.1) is 23.8 Å². The minimum Gasteiger partial charge on any atom is -0.490 e. The third kappa shape index (κ3) is 4.42. The molecule has 0 bridgehead atoms. The van der Waals surface area contributed by atoms with Crippen LogP contribution in [0, 0.1) is 6.92 Å². The summed E-state index contributed by atoms with van der Waals surface area (Å²) in [7, 11) is -3.72. The Bertz CT molecular complexity index is 821. The summed E-state index contributed by atoms with van der Waals surface area (Å²) >= 11 is 3.36. The first-order valence-corrected chi connectivity index (χ1v) is 9.83. The van der Waals surface area contributed by atoms with E-state index >= 15 is 0 Å². The smallest absolute Gasteiger partial charge is 0.262 e. The van der Waals surface area contributed by atoms with Gasteiger partial charge in [-0.2, -0.15) is 0 Å². The first-order chi connectivity index (χ1) is 11.4. The predicted octanol–water partition coefficient (Wildman–Crippen LogP) is 4.36. The summed E-state index contributed by atoms with van der Waals surface area (Å²) in [5.41, 5.74) is 1.36. The summed E-state index contributed by atoms with van der Waals surface area (Å²) in [4.78, 5) is 0.122. The van der Waals surface area contributed by atoms with E-state index in [0.717, 1.165) is 10.0 Å². The lowest BCUT2D eigenvalue weighted by atomic mass is 10.2. The molecule has 0 saturated heterocycles. The molecule has 0 amide bonds. The Balaban J connectivity index is 2.36. The molecule has 7 heteroatoms. The van der Waals surface area contributed by atoms with E-state index in [2.05, 4.69) is 20.7 Å². The average Bonchev–Trinajstić information content (AvgIpc) is 2.52. The Hall–Kier alpha value is -1.73. The van der Waals surface area contributed by atoms with Crippen LogP contribution in [0.1, 0.15) is 19.4 Å². The molecule has 0 radical (unpaired) electrons. The van der Waals surface area contributed by atoms with Crippen LogP contribution in [0.5, 0.6) is 11.5 Å². The van der Waals surface area contributed by atoms with E-state index in [1.807, 2.05) is 26.8 Å². The van der Waals surface area contributed by atoms with Gasteiger partial charge in [0.15, 0.2) is 11.5 Å². The minimum absolute atomic E-state index is 0.122. The number of nitrogens with one attached hydrogen (secondary N) is 1. The molecular weight excluding hydrogens is 394 g/mol. The van der Waals surface area contributed by atoms with Gasteiger partial charge < -0.3 is 9.47 Å². The number of rotatable bonds is 7. The summed E-state index contributed by atoms with van der Waals surface area (Å²) < 4.78 is 39.7. The zero-order valence-electron chi connectivity index (χ0n) is 13.8. The Kier molecular flexibility index (Phi) is 6.12. The first kappa shape index (κ1) is 18.6. The van der Waals surface area contributed by atoms with E-state index in [1.165, 1.54) is 12.1 Å². The molecule has 0 atom stereocenters. The van der Waals surface area contributed by atoms with E-state index in [-0.39, 0.29) is 4.90 Å². The van der Waals surface area contributed by atoms with Crippen LogP contribution in [-0.4, -0.2) is 21.6 Å². The number of ether oxygens (including phenoxy) is 2. The van der Waals surface area contributed by atoms with Crippen LogP contribution in [-0.2, 0) is 10.0 Å². The molecule has 0 aromatic heterocycles. The van der Waals surface area contributed by atoms with Gasteiger partial charge in [-0.3, -0.25) is 4.72 Å². The van der Waals surface area contributed by atoms with Crippen LogP contribution in [0.2, 0.25) is 0 Å². The van der Waals surface area contributed by atoms with Gasteiger partial charge in [0.25, 0.3) is 10.0 Å². The second kappa shape index (κ2) is 7.90. The van der Waals surface area contributed by atoms with Crippen LogP contribution in [0.4, 0.5) is 5.69 Å². The van der Waals surface area contributed by atoms with Gasteiger partial charge in [0.1, 0.15) is 0 Å². The minimum atomic E-state index is -3.72. The van der Waals surface area contributed by atoms with Crippen LogP contribution in [0.3, 0.4) is 0 Å². The van der Waals surface area contributed by atoms with Crippen molar-refractivity contribution in [2.24, 2.45) is 0 Å². The molecule has 0 fully saturated rings. The van der Waals surface area contributed by atoms with Gasteiger partial charge in [-0.05, 0) is 56.7 Å². The molecule has 0 aliphatic rings. The molecule has 0 aliphatic heterocycles. The van der Waals surface area contributed by atoms with Gasteiger partial charge in [0.2, 0.25) is 0 Å². The van der Waals surface area contributed by atoms with Gasteiger partial charge >= 0.3 is 0 Å². The maximum Gasteiger partial charge on any atom is 0.262 e. The van der Waals surface area contributed by atoms with Crippen LogP contribution < -0.4 is 14.2 Å². The van der Waals surface area contributed by atoms with Crippen molar-refractivity contribution in [2.45, 2.75) is 25.7 Å². The van der Waals surface area contributed by atoms with Gasteiger partial charge in [-0.25, -0.2) is 8.42 Å². The third-order valence-corrected chi connectivity index (χ3v) is 5.11. The van der Waals surface area contributed by atoms with Crippen LogP contribution >= 0.6 is 15.9 Å². The molecule has 24 heavy (non-hydrogen) atoms. The molecule has 130 valence electrons. The van der Waals surface area contributed by atoms with E-state index in [9.17, 15) is 8.42 Å². The quantitative estimate of drug-likeness (QED) is 0.732. The molecule has 1 N–H and O–H groups in total. The molecule has 0 saturated carbocycles. The van der Waals surface area contributed by atoms with Crippen molar-refractivity contribution in [3.8, 4) is 11.5 Å². The number of anilines is 1. The number of halogens is 1. The molecule has 5 nitrogen and oxygen atoms in total. The maximum absolute atomic E-state index is 12.6. The van der Waals surface area contributed by atoms with Crippen LogP contribution in [0.15, 0.2) is 45.8 Å². The van der Waals surface area contributed by atoms with Gasteiger partial charge in [0, 0.05) is 10.5 Å². The summed E-state index contributed by atoms with van der Waals surface area (Å²) in [5, 5.41) is 0. The number of hydrogen-bond donors (Lipinski definition) is 1. The second-order valence-electron chi connectivity index (χ2n) is 5.04. The van der Waals surface area contributed by atoms with Crippen molar-refractivity contribution >= 4 is 31.6 Å². The zero-order chi connectivity index (χ0) is 17.7. The molecule has 0 unspecified atom stereocenters. The van der Waals surface area contributed by atoms with Crippen molar-refractivity contribution in [1.82, 2.24) is 0 Å². The summed E-state index contributed by atoms with van der Waals surface area (Å²) in [6.45, 7) is 6.43. The Morgan fingerprint density at radius 1 is 1.00 bits per heavy atom. The average molecular weight is 414 g/mol. The zero-order valence-corrected chi connectivity index (χ0v) is 16.2. The Labute approximate surface area is 151 Å². The lowest BCUT2D eigenvalue weighted by Gasteiger charge is -2.14. The predicted molar refractivity (Wildman–Crippen MR) is 98.5 cm³/mol. The van der Waals surface area contributed by atoms with E-state index < -0.39 is 10.0 Å². The molecule has 2 rings (SSSR count). The molecule has 0 aliphatic carbocycles. The van der Waals surface area contributed by atoms with Gasteiger partial charge in [-0.15, -0.1) is 0 Å². The summed E-state index contributed by atoms with van der Waals surface area (Å²) in [6, 6.07) is 9.94. The normalized spacial score (nSPS) is 11.2. The standard InChI is InChI=1S/C17H20BrNO4S/c1-4-22-16-9-7-14(11-17(16)23-5-2)24(20,21)19-15-8-6-13(18)10-12(15)3/h6-11,19H,4-5H2,1-3H3. The fourth-order valence-electron chi connectivity index (χ4n) is 2.14. The fraction of sp³-hybridized carbons (Fsp3) is 0.294. The maximum atomic E-state index is 12.6. The van der Waals surface area contributed by atoms with Crippen molar-refractivity contribution in [2.75, 3.05) is 17.9 Å². The Morgan fingerprint density at radius 3 is 2.29 bits per heavy atom. The largest absolute Gasteiger partial charge is 0.490 e. The molecule has 0 heterocycles. The van der Waals surface area contributed by atoms with E-state index in [0.29, 0.717) is 30.4 Å². The summed E-state index contributed by atoms with van der Waals surface area (Å²) in [6.07, 6.45) is 0.